The zero-order chi connectivity index (χ0) is 10.2. The molecule has 0 nitrogen and oxygen atoms in total. The number of halogens is 1. The number of hydrogen-bond acceptors (Lipinski definition) is 0. The molecule has 1 unspecified atom stereocenters. The molecule has 0 aromatic heterocycles. The predicted molar refractivity (Wildman–Crippen MR) is 77.3 cm³/mol. The SMILES string of the molecule is C1CCC(C2CCCCC2)CC1.PCl.[MgH2]. The zero-order valence-electron chi connectivity index (χ0n) is 9.18. The summed E-state index contributed by atoms with van der Waals surface area (Å²) in [6.07, 6.45) is 15.4. The Balaban J connectivity index is 0.000000617. The second-order valence-electron chi connectivity index (χ2n) is 4.80. The van der Waals surface area contributed by atoms with E-state index < -0.39 is 0 Å². The van der Waals surface area contributed by atoms with Crippen LogP contribution in [0.15, 0.2) is 0 Å². The molecule has 1 atom stereocenters. The van der Waals surface area contributed by atoms with E-state index in [9.17, 15) is 0 Å². The van der Waals surface area contributed by atoms with E-state index in [2.05, 4.69) is 11.2 Å². The third-order valence-electron chi connectivity index (χ3n) is 3.97. The highest BCUT2D eigenvalue weighted by Gasteiger charge is 2.24. The van der Waals surface area contributed by atoms with Crippen LogP contribution in [0.3, 0.4) is 0 Å². The van der Waals surface area contributed by atoms with E-state index >= 15 is 0 Å². The fourth-order valence-electron chi connectivity index (χ4n) is 3.21. The summed E-state index contributed by atoms with van der Waals surface area (Å²) in [6.45, 7) is 0. The van der Waals surface area contributed by atoms with Gasteiger partial charge in [-0.3, -0.25) is 0 Å². The molecule has 2 saturated carbocycles. The van der Waals surface area contributed by atoms with Gasteiger partial charge in [-0.15, -0.1) is 11.2 Å². The molecular formula is C12H26ClMgP. The maximum Gasteiger partial charge on any atom is 0.316 e. The average molecular weight is 261 g/mol. The fourth-order valence-corrected chi connectivity index (χ4v) is 3.21. The van der Waals surface area contributed by atoms with Crippen molar-refractivity contribution < 1.29 is 0 Å². The van der Waals surface area contributed by atoms with Crippen LogP contribution in [0.25, 0.3) is 0 Å². The zero-order valence-corrected chi connectivity index (χ0v) is 11.1. The van der Waals surface area contributed by atoms with Crippen molar-refractivity contribution in [1.82, 2.24) is 0 Å². The van der Waals surface area contributed by atoms with Crippen molar-refractivity contribution in [2.24, 2.45) is 11.8 Å². The van der Waals surface area contributed by atoms with Crippen LogP contribution >= 0.6 is 19.8 Å². The van der Waals surface area contributed by atoms with E-state index in [-0.39, 0.29) is 23.1 Å². The second kappa shape index (κ2) is 10.6. The van der Waals surface area contributed by atoms with Gasteiger partial charge in [-0.25, -0.2) is 0 Å². The highest BCUT2D eigenvalue weighted by Crippen LogP contribution is 2.37. The van der Waals surface area contributed by atoms with Gasteiger partial charge in [0.2, 0.25) is 0 Å². The Hall–Kier alpha value is 1.49. The molecule has 2 rings (SSSR count). The summed E-state index contributed by atoms with van der Waals surface area (Å²) in [5.74, 6) is 2.28. The molecule has 3 heteroatoms. The van der Waals surface area contributed by atoms with Crippen molar-refractivity contribution in [3.05, 3.63) is 0 Å². The van der Waals surface area contributed by atoms with Gasteiger partial charge in [0.05, 0.1) is 0 Å². The van der Waals surface area contributed by atoms with Crippen molar-refractivity contribution in [2.45, 2.75) is 64.2 Å². The third kappa shape index (κ3) is 6.10. The molecule has 2 fully saturated rings. The van der Waals surface area contributed by atoms with Crippen LogP contribution in [0.2, 0.25) is 0 Å². The van der Waals surface area contributed by atoms with Crippen LogP contribution in [-0.4, -0.2) is 23.1 Å². The van der Waals surface area contributed by atoms with Gasteiger partial charge in [-0.1, -0.05) is 64.2 Å². The fraction of sp³-hybridized carbons (Fsp3) is 1.00. The summed E-state index contributed by atoms with van der Waals surface area (Å²) < 4.78 is 0. The molecule has 0 aromatic carbocycles. The molecule has 0 bridgehead atoms. The molecule has 0 aromatic rings. The summed E-state index contributed by atoms with van der Waals surface area (Å²) in [6, 6.07) is 0. The summed E-state index contributed by atoms with van der Waals surface area (Å²) in [7, 11) is 1.89. The van der Waals surface area contributed by atoms with Crippen LogP contribution in [0, 0.1) is 11.8 Å². The first kappa shape index (κ1) is 16.5. The molecule has 0 saturated heterocycles. The van der Waals surface area contributed by atoms with E-state index in [1.54, 1.807) is 25.7 Å². The van der Waals surface area contributed by atoms with Crippen molar-refractivity contribution >= 4 is 42.9 Å². The van der Waals surface area contributed by atoms with Crippen LogP contribution < -0.4 is 0 Å². The molecule has 0 heterocycles. The summed E-state index contributed by atoms with van der Waals surface area (Å²) in [5.41, 5.74) is 0. The summed E-state index contributed by atoms with van der Waals surface area (Å²) in [4.78, 5) is 0. The van der Waals surface area contributed by atoms with Gasteiger partial charge < -0.3 is 0 Å². The number of hydrogen-bond donors (Lipinski definition) is 0. The Morgan fingerprint density at radius 1 is 0.600 bits per heavy atom. The lowest BCUT2D eigenvalue weighted by Crippen LogP contribution is -2.20. The first-order chi connectivity index (χ1) is 6.97. The predicted octanol–water partition coefficient (Wildman–Crippen LogP) is 4.25. The molecule has 0 aliphatic heterocycles. The average Bonchev–Trinajstić information content (AvgIpc) is 2.34. The monoisotopic (exact) mass is 260 g/mol. The molecule has 0 amide bonds. The van der Waals surface area contributed by atoms with Crippen LogP contribution in [0.1, 0.15) is 64.2 Å². The molecule has 15 heavy (non-hydrogen) atoms. The minimum absolute atomic E-state index is 0. The third-order valence-corrected chi connectivity index (χ3v) is 3.97. The van der Waals surface area contributed by atoms with Crippen molar-refractivity contribution in [2.75, 3.05) is 0 Å². The van der Waals surface area contributed by atoms with Gasteiger partial charge in [0.15, 0.2) is 0 Å². The van der Waals surface area contributed by atoms with E-state index in [1.807, 2.05) is 8.59 Å². The van der Waals surface area contributed by atoms with Gasteiger partial charge in [0.25, 0.3) is 0 Å². The largest absolute Gasteiger partial charge is 0.316 e. The first-order valence-corrected chi connectivity index (χ1v) is 7.93. The van der Waals surface area contributed by atoms with Crippen LogP contribution in [0.5, 0.6) is 0 Å². The van der Waals surface area contributed by atoms with Gasteiger partial charge in [0.1, 0.15) is 0 Å². The first-order valence-electron chi connectivity index (χ1n) is 6.18. The molecular weight excluding hydrogens is 235 g/mol. The highest BCUT2D eigenvalue weighted by atomic mass is 35.7. The van der Waals surface area contributed by atoms with E-state index in [0.717, 1.165) is 11.8 Å². The highest BCUT2D eigenvalue weighted by molar-refractivity contribution is 7.52. The lowest BCUT2D eigenvalue weighted by molar-refractivity contribution is 0.196. The van der Waals surface area contributed by atoms with Crippen molar-refractivity contribution in [1.29, 1.82) is 0 Å². The quantitative estimate of drug-likeness (QED) is 0.489. The second-order valence-corrected chi connectivity index (χ2v) is 4.80. The Labute approximate surface area is 118 Å². The lowest BCUT2D eigenvalue weighted by atomic mass is 9.73. The van der Waals surface area contributed by atoms with E-state index in [1.165, 1.54) is 38.5 Å². The Morgan fingerprint density at radius 2 is 0.867 bits per heavy atom. The van der Waals surface area contributed by atoms with Gasteiger partial charge >= 0.3 is 23.1 Å². The lowest BCUT2D eigenvalue weighted by Gasteiger charge is -2.32. The maximum absolute atomic E-state index is 4.56. The number of rotatable bonds is 1. The molecule has 2 aliphatic carbocycles. The van der Waals surface area contributed by atoms with Crippen LogP contribution in [0.4, 0.5) is 0 Å². The van der Waals surface area contributed by atoms with E-state index in [4.69, 9.17) is 0 Å². The molecule has 0 radical (unpaired) electrons. The van der Waals surface area contributed by atoms with E-state index in [0.29, 0.717) is 0 Å². The van der Waals surface area contributed by atoms with Gasteiger partial charge in [0, 0.05) is 0 Å². The van der Waals surface area contributed by atoms with Crippen LogP contribution in [-0.2, 0) is 0 Å². The summed E-state index contributed by atoms with van der Waals surface area (Å²) in [5, 5.41) is 0. The van der Waals surface area contributed by atoms with Crippen molar-refractivity contribution in [3.8, 4) is 0 Å². The smallest absolute Gasteiger partial charge is 0.104 e. The molecule has 0 N–H and O–H groups in total. The minimum Gasteiger partial charge on any atom is -0.104 e. The standard InChI is InChI=1S/C12H22.ClH2P.Mg.2H/c1-3-7-11(8-4-1)12-9-5-2-6-10-12;1-2;;;/h11-12H,1-10H2;2H2;;;. The minimum atomic E-state index is 0. The molecule has 88 valence electrons. The normalized spacial score (nSPS) is 23.6. The molecule has 0 spiro atoms. The van der Waals surface area contributed by atoms with Gasteiger partial charge in [-0.2, -0.15) is 0 Å². The van der Waals surface area contributed by atoms with Gasteiger partial charge in [-0.05, 0) is 20.4 Å². The molecule has 2 aliphatic rings. The Bertz CT molecular complexity index is 116. The van der Waals surface area contributed by atoms with Crippen molar-refractivity contribution in [3.63, 3.8) is 0 Å². The Kier molecular flexibility index (Phi) is 11.7. The summed E-state index contributed by atoms with van der Waals surface area (Å²) >= 11 is 4.56. The Morgan fingerprint density at radius 3 is 1.13 bits per heavy atom. The topological polar surface area (TPSA) is 0 Å². The maximum atomic E-state index is 4.56.